The zero-order chi connectivity index (χ0) is 25.7. The molecule has 1 saturated carbocycles. The molecule has 36 heavy (non-hydrogen) atoms. The number of carbonyl (C=O) groups excluding carboxylic acids is 2. The molecular weight excluding hydrogens is 483 g/mol. The molecule has 190 valence electrons. The van der Waals surface area contributed by atoms with Crippen LogP contribution in [0.1, 0.15) is 48.0 Å². The Morgan fingerprint density at radius 1 is 1.03 bits per heavy atom. The van der Waals surface area contributed by atoms with E-state index in [1.165, 1.54) is 9.80 Å². The molecule has 2 saturated heterocycles. The van der Waals surface area contributed by atoms with Crippen LogP contribution in [0.2, 0.25) is 0 Å². The van der Waals surface area contributed by atoms with E-state index in [2.05, 4.69) is 5.32 Å². The summed E-state index contributed by atoms with van der Waals surface area (Å²) in [5, 5.41) is 2.75. The van der Waals surface area contributed by atoms with E-state index in [1.807, 2.05) is 0 Å². The van der Waals surface area contributed by atoms with E-state index >= 15 is 0 Å². The Kier molecular flexibility index (Phi) is 5.96. The Hall–Kier alpha value is -3.50. The number of nitrogens with one attached hydrogen (secondary N) is 1. The number of nitrogens with zero attached hydrogens (tertiary/aromatic N) is 3. The standard InChI is InChI=1S/C25H23F5N4O2/c26-17-11-18(27)13-20(12-17)34-23(36)32-22(31-19-3-1-2-4-19)24(34)9-10-33(14-24)21(35)15-5-7-16(8-6-15)25(28,29)30/h5-8,11-13,19H,1-4,9-10,14H2,(H,31,32,36). The van der Waals surface area contributed by atoms with Crippen LogP contribution >= 0.6 is 0 Å². The van der Waals surface area contributed by atoms with Gasteiger partial charge in [0, 0.05) is 18.2 Å². The third-order valence-corrected chi connectivity index (χ3v) is 7.03. The summed E-state index contributed by atoms with van der Waals surface area (Å²) in [6.07, 6.45) is -0.598. The molecule has 0 aromatic heterocycles. The molecule has 0 bridgehead atoms. The number of halogens is 5. The summed E-state index contributed by atoms with van der Waals surface area (Å²) in [5.41, 5.74) is -1.99. The smallest absolute Gasteiger partial charge is 0.336 e. The van der Waals surface area contributed by atoms with Gasteiger partial charge in [0.1, 0.15) is 23.0 Å². The first kappa shape index (κ1) is 24.2. The minimum atomic E-state index is -4.53. The van der Waals surface area contributed by atoms with E-state index in [-0.39, 0.29) is 36.8 Å². The number of anilines is 1. The maximum Gasteiger partial charge on any atom is 0.416 e. The van der Waals surface area contributed by atoms with Gasteiger partial charge >= 0.3 is 12.2 Å². The van der Waals surface area contributed by atoms with Crippen molar-refractivity contribution in [2.75, 3.05) is 18.0 Å². The number of alkyl halides is 3. The predicted molar refractivity (Wildman–Crippen MR) is 122 cm³/mol. The summed E-state index contributed by atoms with van der Waals surface area (Å²) in [5.74, 6) is -1.88. The molecule has 2 aromatic rings. The van der Waals surface area contributed by atoms with Gasteiger partial charge in [0.2, 0.25) is 0 Å². The number of likely N-dealkylation sites (tertiary alicyclic amines) is 1. The second-order valence-electron chi connectivity index (χ2n) is 9.39. The van der Waals surface area contributed by atoms with E-state index < -0.39 is 40.9 Å². The molecular formula is C25H23F5N4O2. The number of hydrogen-bond acceptors (Lipinski definition) is 3. The van der Waals surface area contributed by atoms with Crippen molar-refractivity contribution in [1.82, 2.24) is 10.2 Å². The second-order valence-corrected chi connectivity index (χ2v) is 9.39. The van der Waals surface area contributed by atoms with E-state index in [1.54, 1.807) is 0 Å². The lowest BCUT2D eigenvalue weighted by Gasteiger charge is -2.33. The van der Waals surface area contributed by atoms with Crippen LogP contribution in [0.25, 0.3) is 0 Å². The third-order valence-electron chi connectivity index (χ3n) is 7.03. The van der Waals surface area contributed by atoms with Crippen LogP contribution in [0.3, 0.4) is 0 Å². The topological polar surface area (TPSA) is 65.0 Å². The number of aliphatic imine (C=N–C) groups is 1. The van der Waals surface area contributed by atoms with Gasteiger partial charge in [-0.3, -0.25) is 20.0 Å². The molecule has 11 heteroatoms. The molecule has 1 aliphatic carbocycles. The van der Waals surface area contributed by atoms with Gasteiger partial charge in [-0.05, 0) is 55.7 Å². The fourth-order valence-corrected chi connectivity index (χ4v) is 5.30. The SMILES string of the molecule is O=C(c1ccc(C(F)(F)F)cc1)N1CCC2(C1)C(=NC1CCCC1)NC(=O)N2c1cc(F)cc(F)c1. The molecule has 2 aliphatic heterocycles. The number of urea groups is 1. The minimum Gasteiger partial charge on any atom is -0.336 e. The maximum absolute atomic E-state index is 14.1. The molecule has 0 radical (unpaired) electrons. The lowest BCUT2D eigenvalue weighted by atomic mass is 9.95. The van der Waals surface area contributed by atoms with Crippen LogP contribution in [-0.4, -0.2) is 47.3 Å². The Morgan fingerprint density at radius 2 is 1.67 bits per heavy atom. The Labute approximate surface area is 203 Å². The first-order valence-electron chi connectivity index (χ1n) is 11.7. The van der Waals surface area contributed by atoms with Crippen molar-refractivity contribution >= 4 is 23.5 Å². The van der Waals surface area contributed by atoms with Gasteiger partial charge in [0.25, 0.3) is 5.91 Å². The van der Waals surface area contributed by atoms with Crippen LogP contribution in [0.4, 0.5) is 32.4 Å². The molecule has 2 heterocycles. The number of carbonyl (C=O) groups is 2. The van der Waals surface area contributed by atoms with E-state index in [9.17, 15) is 31.5 Å². The first-order chi connectivity index (χ1) is 17.1. The molecule has 6 nitrogen and oxygen atoms in total. The lowest BCUT2D eigenvalue weighted by Crippen LogP contribution is -2.53. The summed E-state index contributed by atoms with van der Waals surface area (Å²) in [6, 6.07) is 6.08. The van der Waals surface area contributed by atoms with Crippen LogP contribution in [0, 0.1) is 11.6 Å². The van der Waals surface area contributed by atoms with Crippen LogP contribution in [-0.2, 0) is 6.18 Å². The van der Waals surface area contributed by atoms with Crippen molar-refractivity contribution in [3.8, 4) is 0 Å². The Morgan fingerprint density at radius 3 is 2.28 bits per heavy atom. The van der Waals surface area contributed by atoms with Crippen molar-refractivity contribution in [2.24, 2.45) is 4.99 Å². The number of amides is 3. The Bertz CT molecular complexity index is 1200. The summed E-state index contributed by atoms with van der Waals surface area (Å²) >= 11 is 0. The molecule has 1 spiro atoms. The highest BCUT2D eigenvalue weighted by Crippen LogP contribution is 2.39. The van der Waals surface area contributed by atoms with E-state index in [0.29, 0.717) is 11.9 Å². The molecule has 3 aliphatic rings. The molecule has 1 atom stereocenters. The molecule has 3 fully saturated rings. The summed E-state index contributed by atoms with van der Waals surface area (Å²) < 4.78 is 66.9. The van der Waals surface area contributed by atoms with Crippen molar-refractivity contribution in [3.05, 3.63) is 65.2 Å². The van der Waals surface area contributed by atoms with Gasteiger partial charge in [-0.25, -0.2) is 13.6 Å². The van der Waals surface area contributed by atoms with E-state index in [4.69, 9.17) is 4.99 Å². The normalized spacial score (nSPS) is 23.8. The third kappa shape index (κ3) is 4.31. The number of rotatable bonds is 3. The lowest BCUT2D eigenvalue weighted by molar-refractivity contribution is -0.137. The molecule has 1 unspecified atom stereocenters. The molecule has 2 aromatic carbocycles. The Balaban J connectivity index is 1.49. The van der Waals surface area contributed by atoms with Crippen LogP contribution in [0.15, 0.2) is 47.5 Å². The quantitative estimate of drug-likeness (QED) is 0.586. The van der Waals surface area contributed by atoms with Gasteiger partial charge in [-0.2, -0.15) is 13.2 Å². The molecule has 1 N–H and O–H groups in total. The zero-order valence-electron chi connectivity index (χ0n) is 19.1. The largest absolute Gasteiger partial charge is 0.416 e. The first-order valence-corrected chi connectivity index (χ1v) is 11.7. The molecule has 5 rings (SSSR count). The summed E-state index contributed by atoms with van der Waals surface area (Å²) in [4.78, 5) is 33.7. The van der Waals surface area contributed by atoms with Gasteiger partial charge in [0.15, 0.2) is 0 Å². The highest BCUT2D eigenvalue weighted by atomic mass is 19.4. The summed E-state index contributed by atoms with van der Waals surface area (Å²) in [6.45, 7) is 0.141. The van der Waals surface area contributed by atoms with Gasteiger partial charge in [-0.1, -0.05) is 12.8 Å². The fourth-order valence-electron chi connectivity index (χ4n) is 5.30. The van der Waals surface area contributed by atoms with Crippen LogP contribution in [0.5, 0.6) is 0 Å². The van der Waals surface area contributed by atoms with Gasteiger partial charge in [0.05, 0.1) is 23.8 Å². The number of hydrogen-bond donors (Lipinski definition) is 1. The zero-order valence-corrected chi connectivity index (χ0v) is 19.1. The van der Waals surface area contributed by atoms with Crippen molar-refractivity contribution in [2.45, 2.75) is 49.9 Å². The summed E-state index contributed by atoms with van der Waals surface area (Å²) in [7, 11) is 0. The maximum atomic E-state index is 14.1. The van der Waals surface area contributed by atoms with Crippen LogP contribution < -0.4 is 10.2 Å². The highest BCUT2D eigenvalue weighted by molar-refractivity contribution is 6.19. The van der Waals surface area contributed by atoms with E-state index in [0.717, 1.165) is 62.1 Å². The van der Waals surface area contributed by atoms with Gasteiger partial charge in [-0.15, -0.1) is 0 Å². The average Bonchev–Trinajstić information content (AvgIpc) is 3.53. The van der Waals surface area contributed by atoms with Crippen molar-refractivity contribution in [1.29, 1.82) is 0 Å². The molecule has 3 amide bonds. The van der Waals surface area contributed by atoms with Crippen molar-refractivity contribution < 1.29 is 31.5 Å². The highest BCUT2D eigenvalue weighted by Gasteiger charge is 2.56. The number of benzene rings is 2. The fraction of sp³-hybridized carbons (Fsp3) is 0.400. The average molecular weight is 506 g/mol. The second kappa shape index (κ2) is 8.86. The van der Waals surface area contributed by atoms with Gasteiger partial charge < -0.3 is 4.90 Å². The minimum absolute atomic E-state index is 0.00884. The number of amidine groups is 1. The van der Waals surface area contributed by atoms with Crippen molar-refractivity contribution in [3.63, 3.8) is 0 Å². The monoisotopic (exact) mass is 506 g/mol. The predicted octanol–water partition coefficient (Wildman–Crippen LogP) is 5.14.